The molecule has 0 saturated carbocycles. The number of esters is 1. The summed E-state index contributed by atoms with van der Waals surface area (Å²) in [5.74, 6) is 0.750. The fourth-order valence-electron chi connectivity index (χ4n) is 3.98. The number of ether oxygens (including phenoxy) is 5. The van der Waals surface area contributed by atoms with Crippen LogP contribution < -0.4 is 0 Å². The van der Waals surface area contributed by atoms with Crippen molar-refractivity contribution in [2.45, 2.75) is 124 Å². The summed E-state index contributed by atoms with van der Waals surface area (Å²) >= 11 is 0. The Morgan fingerprint density at radius 3 is 1.39 bits per heavy atom. The van der Waals surface area contributed by atoms with Crippen molar-refractivity contribution < 1.29 is 28.5 Å². The first-order valence-electron chi connectivity index (χ1n) is 15.1. The van der Waals surface area contributed by atoms with Gasteiger partial charge in [0.1, 0.15) is 0 Å². The molecule has 216 valence electrons. The minimum absolute atomic E-state index is 0.112. The number of hydrogen-bond acceptors (Lipinski definition) is 6. The summed E-state index contributed by atoms with van der Waals surface area (Å²) in [4.78, 5) is 11.8. The molecule has 0 aliphatic heterocycles. The maximum atomic E-state index is 11.8. The normalized spacial score (nSPS) is 11.4. The summed E-state index contributed by atoms with van der Waals surface area (Å²) in [6.07, 6.45) is 19.8. The summed E-state index contributed by atoms with van der Waals surface area (Å²) in [7, 11) is 0. The number of unbranched alkanes of at least 4 members (excludes halogenated alkanes) is 12. The number of hydrogen-bond donors (Lipinski definition) is 0. The molecule has 0 saturated heterocycles. The van der Waals surface area contributed by atoms with E-state index in [1.54, 1.807) is 0 Å². The van der Waals surface area contributed by atoms with Gasteiger partial charge in [-0.15, -0.1) is 0 Å². The molecule has 0 aromatic rings. The molecule has 36 heavy (non-hydrogen) atoms. The molecule has 0 heterocycles. The molecule has 0 aliphatic carbocycles. The largest absolute Gasteiger partial charge is 0.466 e. The smallest absolute Gasteiger partial charge is 0.305 e. The lowest BCUT2D eigenvalue weighted by molar-refractivity contribution is -0.144. The van der Waals surface area contributed by atoms with E-state index in [-0.39, 0.29) is 5.97 Å². The maximum absolute atomic E-state index is 11.8. The molecule has 6 nitrogen and oxygen atoms in total. The van der Waals surface area contributed by atoms with Crippen molar-refractivity contribution in [2.24, 2.45) is 5.92 Å². The van der Waals surface area contributed by atoms with Gasteiger partial charge in [-0.2, -0.15) is 0 Å². The van der Waals surface area contributed by atoms with Gasteiger partial charge in [0, 0.05) is 19.6 Å². The zero-order valence-electron chi connectivity index (χ0n) is 24.2. The second kappa shape index (κ2) is 30.5. The third-order valence-corrected chi connectivity index (χ3v) is 6.18. The van der Waals surface area contributed by atoms with Gasteiger partial charge in [-0.3, -0.25) is 4.79 Å². The molecule has 0 rings (SSSR count). The van der Waals surface area contributed by atoms with Gasteiger partial charge in [0.05, 0.1) is 46.2 Å². The predicted octanol–water partition coefficient (Wildman–Crippen LogP) is 7.51. The van der Waals surface area contributed by atoms with Crippen LogP contribution in [0.5, 0.6) is 0 Å². The molecule has 0 aromatic heterocycles. The Hall–Kier alpha value is -0.690. The Balaban J connectivity index is 3.15. The van der Waals surface area contributed by atoms with E-state index < -0.39 is 0 Å². The minimum atomic E-state index is -0.112. The first-order valence-corrected chi connectivity index (χ1v) is 15.1. The monoisotopic (exact) mass is 516 g/mol. The highest BCUT2D eigenvalue weighted by molar-refractivity contribution is 5.69. The van der Waals surface area contributed by atoms with Crippen LogP contribution in [0.2, 0.25) is 0 Å². The average molecular weight is 517 g/mol. The predicted molar refractivity (Wildman–Crippen MR) is 149 cm³/mol. The van der Waals surface area contributed by atoms with Crippen molar-refractivity contribution in [1.82, 2.24) is 0 Å². The van der Waals surface area contributed by atoms with Crippen LogP contribution in [0, 0.1) is 5.92 Å². The van der Waals surface area contributed by atoms with Crippen LogP contribution >= 0.6 is 0 Å². The first kappa shape index (κ1) is 35.3. The summed E-state index contributed by atoms with van der Waals surface area (Å²) in [6.45, 7) is 11.9. The lowest BCUT2D eigenvalue weighted by Crippen LogP contribution is -2.12. The third-order valence-electron chi connectivity index (χ3n) is 6.18. The van der Waals surface area contributed by atoms with E-state index in [4.69, 9.17) is 23.7 Å². The highest BCUT2D eigenvalue weighted by atomic mass is 16.6. The quantitative estimate of drug-likeness (QED) is 0.0727. The minimum Gasteiger partial charge on any atom is -0.466 e. The molecule has 0 unspecified atom stereocenters. The summed E-state index contributed by atoms with van der Waals surface area (Å²) < 4.78 is 26.8. The van der Waals surface area contributed by atoms with Crippen molar-refractivity contribution in [3.63, 3.8) is 0 Å². The molecule has 0 amide bonds. The van der Waals surface area contributed by atoms with E-state index >= 15 is 0 Å². The van der Waals surface area contributed by atoms with Crippen LogP contribution in [0.1, 0.15) is 124 Å². The fourth-order valence-corrected chi connectivity index (χ4v) is 3.98. The number of carbonyl (C=O) groups is 1. The number of carbonyl (C=O) groups excluding carboxylic acids is 1. The van der Waals surface area contributed by atoms with Crippen molar-refractivity contribution in [3.8, 4) is 0 Å². The molecule has 6 heteroatoms. The molecule has 0 bridgehead atoms. The molecule has 0 aliphatic rings. The molecule has 0 spiro atoms. The average Bonchev–Trinajstić information content (AvgIpc) is 2.86. The van der Waals surface area contributed by atoms with Gasteiger partial charge < -0.3 is 23.7 Å². The van der Waals surface area contributed by atoms with E-state index in [0.717, 1.165) is 18.8 Å². The van der Waals surface area contributed by atoms with E-state index in [1.807, 2.05) is 6.92 Å². The second-order valence-electron chi connectivity index (χ2n) is 10.1. The Bertz CT molecular complexity index is 430. The Kier molecular flexibility index (Phi) is 29.9. The second-order valence-corrected chi connectivity index (χ2v) is 10.1. The topological polar surface area (TPSA) is 63.2 Å². The van der Waals surface area contributed by atoms with Gasteiger partial charge in [0.25, 0.3) is 0 Å². The Morgan fingerprint density at radius 1 is 0.500 bits per heavy atom. The van der Waals surface area contributed by atoms with Gasteiger partial charge in [-0.1, -0.05) is 97.3 Å². The molecule has 0 aromatic carbocycles. The zero-order chi connectivity index (χ0) is 26.4. The molecular weight excluding hydrogens is 456 g/mol. The van der Waals surface area contributed by atoms with E-state index in [1.165, 1.54) is 77.0 Å². The van der Waals surface area contributed by atoms with E-state index in [9.17, 15) is 4.79 Å². The molecular formula is C30H60O6. The first-order chi connectivity index (χ1) is 17.7. The van der Waals surface area contributed by atoms with Crippen LogP contribution in [0.25, 0.3) is 0 Å². The van der Waals surface area contributed by atoms with Crippen molar-refractivity contribution in [1.29, 1.82) is 0 Å². The van der Waals surface area contributed by atoms with E-state index in [0.29, 0.717) is 72.3 Å². The number of rotatable bonds is 30. The van der Waals surface area contributed by atoms with Gasteiger partial charge in [0.2, 0.25) is 0 Å². The van der Waals surface area contributed by atoms with Crippen LogP contribution in [-0.4, -0.2) is 65.4 Å². The lowest BCUT2D eigenvalue weighted by atomic mass is 10.0. The highest BCUT2D eigenvalue weighted by Crippen LogP contribution is 2.14. The summed E-state index contributed by atoms with van der Waals surface area (Å²) in [6, 6.07) is 0. The van der Waals surface area contributed by atoms with Crippen LogP contribution in [0.4, 0.5) is 0 Å². The van der Waals surface area contributed by atoms with Gasteiger partial charge >= 0.3 is 5.97 Å². The summed E-state index contributed by atoms with van der Waals surface area (Å²) in [5, 5.41) is 0. The van der Waals surface area contributed by atoms with Crippen LogP contribution in [0.15, 0.2) is 0 Å². The SMILES string of the molecule is CCOCCOCCOCCOCCCC(=O)OCCCCCCCCCCCCCCCC(C)C. The van der Waals surface area contributed by atoms with Gasteiger partial charge in [-0.25, -0.2) is 0 Å². The summed E-state index contributed by atoms with van der Waals surface area (Å²) in [5.41, 5.74) is 0. The standard InChI is InChI=1S/C30H60O6/c1-4-32-23-24-34-27-28-35-26-25-33-21-18-20-30(31)36-22-17-15-13-11-9-7-5-6-8-10-12-14-16-19-29(2)3/h29H,4-28H2,1-3H3. The van der Waals surface area contributed by atoms with Crippen LogP contribution in [0.3, 0.4) is 0 Å². The van der Waals surface area contributed by atoms with Crippen molar-refractivity contribution in [3.05, 3.63) is 0 Å². The molecule has 0 atom stereocenters. The lowest BCUT2D eigenvalue weighted by Gasteiger charge is -2.07. The fraction of sp³-hybridized carbons (Fsp3) is 0.967. The zero-order valence-corrected chi connectivity index (χ0v) is 24.2. The van der Waals surface area contributed by atoms with Crippen molar-refractivity contribution in [2.75, 3.05) is 59.5 Å². The molecule has 0 fully saturated rings. The van der Waals surface area contributed by atoms with Gasteiger partial charge in [-0.05, 0) is 25.7 Å². The van der Waals surface area contributed by atoms with E-state index in [2.05, 4.69) is 13.8 Å². The van der Waals surface area contributed by atoms with Gasteiger partial charge in [0.15, 0.2) is 0 Å². The maximum Gasteiger partial charge on any atom is 0.305 e. The van der Waals surface area contributed by atoms with Crippen LogP contribution in [-0.2, 0) is 28.5 Å². The Morgan fingerprint density at radius 2 is 0.917 bits per heavy atom. The molecule has 0 N–H and O–H groups in total. The van der Waals surface area contributed by atoms with Crippen molar-refractivity contribution >= 4 is 5.97 Å². The Labute approximate surface area is 223 Å². The third kappa shape index (κ3) is 31.3. The molecule has 0 radical (unpaired) electrons. The highest BCUT2D eigenvalue weighted by Gasteiger charge is 2.03.